The summed E-state index contributed by atoms with van der Waals surface area (Å²) in [5.41, 5.74) is 0. The average molecular weight is 260 g/mol. The van der Waals surface area contributed by atoms with Crippen LogP contribution in [0.25, 0.3) is 0 Å². The molecule has 3 amide bonds. The molecule has 1 saturated heterocycles. The number of nitrogens with zero attached hydrogens (tertiary/aromatic N) is 1. The van der Waals surface area contributed by atoms with Crippen LogP contribution in [0, 0.1) is 0 Å². The fourth-order valence-electron chi connectivity index (χ4n) is 1.78. The molecule has 1 N–H and O–H groups in total. The summed E-state index contributed by atoms with van der Waals surface area (Å²) < 4.78 is 4.91. The summed E-state index contributed by atoms with van der Waals surface area (Å²) in [5, 5.41) is 2.73. The number of carbonyl (C=O) groups is 2. The number of methoxy groups -OCH3 is 1. The lowest BCUT2D eigenvalue weighted by molar-refractivity contribution is -0.127. The van der Waals surface area contributed by atoms with Gasteiger partial charge < -0.3 is 10.1 Å². The molecule has 5 nitrogen and oxygen atoms in total. The summed E-state index contributed by atoms with van der Waals surface area (Å²) >= 11 is 1.75. The third-order valence-corrected chi connectivity index (χ3v) is 3.38. The van der Waals surface area contributed by atoms with Gasteiger partial charge in [0.25, 0.3) is 5.91 Å². The van der Waals surface area contributed by atoms with Crippen molar-refractivity contribution in [2.45, 2.75) is 25.3 Å². The summed E-state index contributed by atoms with van der Waals surface area (Å²) in [6, 6.07) is -0.586. The molecule has 0 aromatic carbocycles. The quantitative estimate of drug-likeness (QED) is 0.524. The van der Waals surface area contributed by atoms with E-state index in [-0.39, 0.29) is 18.0 Å². The molecule has 1 rings (SSSR count). The Morgan fingerprint density at radius 1 is 1.41 bits per heavy atom. The first-order valence-electron chi connectivity index (χ1n) is 5.80. The fourth-order valence-corrected chi connectivity index (χ4v) is 2.24. The number of carbonyl (C=O) groups excluding carboxylic acids is 2. The van der Waals surface area contributed by atoms with Crippen LogP contribution >= 0.6 is 11.8 Å². The number of amides is 3. The maximum absolute atomic E-state index is 11.9. The lowest BCUT2D eigenvalue weighted by atomic mass is 10.1. The Hall–Kier alpha value is -0.750. The molecule has 17 heavy (non-hydrogen) atoms. The van der Waals surface area contributed by atoms with E-state index in [0.717, 1.165) is 18.6 Å². The van der Waals surface area contributed by atoms with Gasteiger partial charge in [-0.05, 0) is 31.3 Å². The maximum atomic E-state index is 11.9. The summed E-state index contributed by atoms with van der Waals surface area (Å²) in [4.78, 5) is 24.8. The molecule has 6 heteroatoms. The third kappa shape index (κ3) is 4.20. The monoisotopic (exact) mass is 260 g/mol. The number of urea groups is 1. The number of thioether (sulfide) groups is 1. The Bertz CT molecular complexity index is 273. The zero-order chi connectivity index (χ0) is 12.7. The molecule has 1 heterocycles. The SMILES string of the molecule is COCCCN1C(=O)NC(CCCSC)C1=O. The van der Waals surface area contributed by atoms with Gasteiger partial charge >= 0.3 is 6.03 Å². The third-order valence-electron chi connectivity index (χ3n) is 2.68. The van der Waals surface area contributed by atoms with Crippen LogP contribution in [0.2, 0.25) is 0 Å². The molecule has 1 aliphatic rings. The van der Waals surface area contributed by atoms with E-state index >= 15 is 0 Å². The van der Waals surface area contributed by atoms with Crippen LogP contribution in [-0.4, -0.2) is 55.2 Å². The molecule has 1 fully saturated rings. The van der Waals surface area contributed by atoms with E-state index in [1.165, 1.54) is 4.90 Å². The van der Waals surface area contributed by atoms with Crippen molar-refractivity contribution in [2.24, 2.45) is 0 Å². The Kier molecular flexibility index (Phi) is 6.36. The average Bonchev–Trinajstić information content (AvgIpc) is 2.57. The molecule has 0 saturated carbocycles. The van der Waals surface area contributed by atoms with Gasteiger partial charge in [-0.25, -0.2) is 4.79 Å². The number of imide groups is 1. The summed E-state index contributed by atoms with van der Waals surface area (Å²) in [7, 11) is 1.61. The second-order valence-electron chi connectivity index (χ2n) is 3.97. The van der Waals surface area contributed by atoms with Crippen molar-refractivity contribution < 1.29 is 14.3 Å². The van der Waals surface area contributed by atoms with Crippen molar-refractivity contribution >= 4 is 23.7 Å². The molecular formula is C11H20N2O3S. The predicted molar refractivity (Wildman–Crippen MR) is 68.1 cm³/mol. The molecule has 0 aliphatic carbocycles. The van der Waals surface area contributed by atoms with Gasteiger partial charge in [0.05, 0.1) is 0 Å². The minimum absolute atomic E-state index is 0.0905. The number of hydrogen-bond donors (Lipinski definition) is 1. The number of rotatable bonds is 8. The van der Waals surface area contributed by atoms with E-state index in [1.54, 1.807) is 18.9 Å². The van der Waals surface area contributed by atoms with Crippen LogP contribution in [0.15, 0.2) is 0 Å². The topological polar surface area (TPSA) is 58.6 Å². The van der Waals surface area contributed by atoms with E-state index in [0.29, 0.717) is 19.6 Å². The Labute approximate surface area is 106 Å². The molecule has 0 aromatic rings. The fraction of sp³-hybridized carbons (Fsp3) is 0.818. The highest BCUT2D eigenvalue weighted by Crippen LogP contribution is 2.13. The second kappa shape index (κ2) is 7.55. The minimum Gasteiger partial charge on any atom is -0.385 e. The molecule has 0 bridgehead atoms. The number of nitrogens with one attached hydrogen (secondary N) is 1. The lowest BCUT2D eigenvalue weighted by Crippen LogP contribution is -2.32. The Balaban J connectivity index is 2.36. The van der Waals surface area contributed by atoms with Crippen LogP contribution in [0.1, 0.15) is 19.3 Å². The molecule has 1 aliphatic heterocycles. The first-order valence-corrected chi connectivity index (χ1v) is 7.19. The smallest absolute Gasteiger partial charge is 0.324 e. The van der Waals surface area contributed by atoms with Gasteiger partial charge in [0, 0.05) is 20.3 Å². The molecule has 0 spiro atoms. The van der Waals surface area contributed by atoms with E-state index < -0.39 is 0 Å². The van der Waals surface area contributed by atoms with Crippen molar-refractivity contribution in [1.29, 1.82) is 0 Å². The van der Waals surface area contributed by atoms with Gasteiger partial charge in [0.15, 0.2) is 0 Å². The van der Waals surface area contributed by atoms with E-state index in [2.05, 4.69) is 5.32 Å². The molecular weight excluding hydrogens is 240 g/mol. The van der Waals surface area contributed by atoms with Crippen molar-refractivity contribution in [3.05, 3.63) is 0 Å². The zero-order valence-electron chi connectivity index (χ0n) is 10.4. The highest BCUT2D eigenvalue weighted by atomic mass is 32.2. The van der Waals surface area contributed by atoms with Crippen LogP contribution < -0.4 is 5.32 Å². The Morgan fingerprint density at radius 2 is 2.18 bits per heavy atom. The minimum atomic E-state index is -0.322. The second-order valence-corrected chi connectivity index (χ2v) is 4.96. The van der Waals surface area contributed by atoms with E-state index in [1.807, 2.05) is 6.26 Å². The van der Waals surface area contributed by atoms with Gasteiger partial charge in [-0.2, -0.15) is 11.8 Å². The van der Waals surface area contributed by atoms with Gasteiger partial charge in [0.2, 0.25) is 0 Å². The first kappa shape index (κ1) is 14.3. The maximum Gasteiger partial charge on any atom is 0.324 e. The van der Waals surface area contributed by atoms with Crippen molar-refractivity contribution in [1.82, 2.24) is 10.2 Å². The largest absolute Gasteiger partial charge is 0.385 e. The Morgan fingerprint density at radius 3 is 2.82 bits per heavy atom. The first-order chi connectivity index (χ1) is 8.20. The molecule has 1 atom stereocenters. The summed E-state index contributed by atoms with van der Waals surface area (Å²) in [6.07, 6.45) is 4.40. The predicted octanol–water partition coefficient (Wildman–Crippen LogP) is 1.09. The zero-order valence-corrected chi connectivity index (χ0v) is 11.2. The van der Waals surface area contributed by atoms with Crippen molar-refractivity contribution in [2.75, 3.05) is 32.3 Å². The molecule has 0 aromatic heterocycles. The summed E-state index contributed by atoms with van der Waals surface area (Å²) in [6.45, 7) is 1.01. The molecule has 98 valence electrons. The highest BCUT2D eigenvalue weighted by molar-refractivity contribution is 7.98. The van der Waals surface area contributed by atoms with Gasteiger partial charge in [0.1, 0.15) is 6.04 Å². The van der Waals surface area contributed by atoms with Crippen molar-refractivity contribution in [3.63, 3.8) is 0 Å². The van der Waals surface area contributed by atoms with Crippen LogP contribution in [0.4, 0.5) is 4.79 Å². The molecule has 1 unspecified atom stereocenters. The van der Waals surface area contributed by atoms with Gasteiger partial charge in [-0.3, -0.25) is 9.69 Å². The normalized spacial score (nSPS) is 19.9. The van der Waals surface area contributed by atoms with Gasteiger partial charge in [-0.15, -0.1) is 0 Å². The van der Waals surface area contributed by atoms with Crippen molar-refractivity contribution in [3.8, 4) is 0 Å². The summed E-state index contributed by atoms with van der Waals surface area (Å²) in [5.74, 6) is 0.927. The van der Waals surface area contributed by atoms with Crippen LogP contribution in [0.5, 0.6) is 0 Å². The van der Waals surface area contributed by atoms with E-state index in [4.69, 9.17) is 4.74 Å². The number of hydrogen-bond acceptors (Lipinski definition) is 4. The highest BCUT2D eigenvalue weighted by Gasteiger charge is 2.36. The van der Waals surface area contributed by atoms with E-state index in [9.17, 15) is 9.59 Å². The molecule has 0 radical (unpaired) electrons. The van der Waals surface area contributed by atoms with Crippen LogP contribution in [-0.2, 0) is 9.53 Å². The number of ether oxygens (including phenoxy) is 1. The lowest BCUT2D eigenvalue weighted by Gasteiger charge is -2.12. The van der Waals surface area contributed by atoms with Gasteiger partial charge in [-0.1, -0.05) is 0 Å². The van der Waals surface area contributed by atoms with Crippen LogP contribution in [0.3, 0.4) is 0 Å². The standard InChI is InChI=1S/C11H20N2O3S/c1-16-7-4-6-13-10(14)9(12-11(13)15)5-3-8-17-2/h9H,3-8H2,1-2H3,(H,12,15).